The number of anilines is 1. The Morgan fingerprint density at radius 2 is 1.73 bits per heavy atom. The number of aromatic nitrogens is 2. The van der Waals surface area contributed by atoms with Gasteiger partial charge in [-0.15, -0.1) is 0 Å². The number of nitrogens with zero attached hydrogens (tertiary/aromatic N) is 2. The van der Waals surface area contributed by atoms with Crippen molar-refractivity contribution in [3.8, 4) is 11.3 Å². The van der Waals surface area contributed by atoms with E-state index >= 15 is 0 Å². The predicted octanol–water partition coefficient (Wildman–Crippen LogP) is 4.14. The lowest BCUT2D eigenvalue weighted by Gasteiger charge is -2.13. The van der Waals surface area contributed by atoms with Gasteiger partial charge >= 0.3 is 0 Å². The number of nitrogens with two attached hydrogens (primary N) is 1. The number of hydrogen-bond donors (Lipinski definition) is 1. The Kier molecular flexibility index (Phi) is 7.47. The Bertz CT molecular complexity index is 1310. The first kappa shape index (κ1) is 24.8. The fourth-order valence-electron chi connectivity index (χ4n) is 3.24. The van der Waals surface area contributed by atoms with Gasteiger partial charge in [0.2, 0.25) is 7.37 Å². The first-order chi connectivity index (χ1) is 15.5. The molecule has 3 rings (SSSR count). The molecule has 1 heterocycles. The van der Waals surface area contributed by atoms with Gasteiger partial charge in [-0.05, 0) is 31.5 Å². The standard InChI is InChI=1S/C23H26N3O5PS/c1-4-31-32(3,28)15-33(29,30)19-11-7-17(8-12-19)13-21(27)22-23(24)25-14-20(26-22)18-9-5-16(2)6-10-18/h5-12,14H,4,13,15H2,1-3H3,(H2,24,25)/t32-/m0/s1. The highest BCUT2D eigenvalue weighted by Crippen LogP contribution is 2.44. The third-order valence-corrected chi connectivity index (χ3v) is 9.90. The van der Waals surface area contributed by atoms with Crippen molar-refractivity contribution in [3.05, 3.63) is 71.5 Å². The molecule has 0 aliphatic rings. The third-order valence-electron chi connectivity index (χ3n) is 4.87. The topological polar surface area (TPSA) is 129 Å². The van der Waals surface area contributed by atoms with Crippen LogP contribution in [0.4, 0.5) is 5.82 Å². The number of hydrogen-bond acceptors (Lipinski definition) is 8. The van der Waals surface area contributed by atoms with E-state index in [0.29, 0.717) is 11.3 Å². The molecule has 0 spiro atoms. The van der Waals surface area contributed by atoms with E-state index < -0.39 is 22.7 Å². The summed E-state index contributed by atoms with van der Waals surface area (Å²) in [7, 11) is -7.06. The second-order valence-electron chi connectivity index (χ2n) is 7.77. The molecule has 2 N–H and O–H groups in total. The Morgan fingerprint density at radius 3 is 2.33 bits per heavy atom. The maximum Gasteiger partial charge on any atom is 0.215 e. The number of sulfone groups is 1. The number of carbonyl (C=O) groups is 1. The van der Waals surface area contributed by atoms with Crippen LogP contribution in [-0.4, -0.2) is 42.9 Å². The quantitative estimate of drug-likeness (QED) is 0.352. The van der Waals surface area contributed by atoms with E-state index in [4.69, 9.17) is 10.3 Å². The predicted molar refractivity (Wildman–Crippen MR) is 128 cm³/mol. The number of carbonyl (C=O) groups excluding carboxylic acids is 1. The second-order valence-corrected chi connectivity index (χ2v) is 12.8. The summed E-state index contributed by atoms with van der Waals surface area (Å²) < 4.78 is 42.5. The van der Waals surface area contributed by atoms with Gasteiger partial charge in [-0.3, -0.25) is 9.36 Å². The number of nitrogen functional groups attached to an aromatic ring is 1. The van der Waals surface area contributed by atoms with E-state index in [0.717, 1.165) is 11.1 Å². The van der Waals surface area contributed by atoms with E-state index in [1.165, 1.54) is 25.0 Å². The zero-order chi connectivity index (χ0) is 24.2. The van der Waals surface area contributed by atoms with Crippen LogP contribution in [0.3, 0.4) is 0 Å². The molecule has 174 valence electrons. The lowest BCUT2D eigenvalue weighted by Crippen LogP contribution is -2.12. The molecule has 0 aliphatic carbocycles. The summed E-state index contributed by atoms with van der Waals surface area (Å²) in [5.74, 6) is -0.302. The molecule has 3 aromatic rings. The summed E-state index contributed by atoms with van der Waals surface area (Å²) in [6, 6.07) is 13.5. The minimum absolute atomic E-state index is 0.0150. The highest BCUT2D eigenvalue weighted by atomic mass is 32.2. The fraction of sp³-hybridized carbons (Fsp3) is 0.261. The van der Waals surface area contributed by atoms with Crippen LogP contribution in [0.25, 0.3) is 11.3 Å². The van der Waals surface area contributed by atoms with Gasteiger partial charge in [0.05, 0.1) is 23.4 Å². The lowest BCUT2D eigenvalue weighted by atomic mass is 10.1. The normalized spacial score (nSPS) is 13.4. The zero-order valence-corrected chi connectivity index (χ0v) is 20.4. The number of benzene rings is 2. The largest absolute Gasteiger partial charge is 0.382 e. The van der Waals surface area contributed by atoms with Crippen molar-refractivity contribution in [2.24, 2.45) is 0 Å². The number of ketones is 1. The van der Waals surface area contributed by atoms with Crippen molar-refractivity contribution >= 4 is 28.8 Å². The lowest BCUT2D eigenvalue weighted by molar-refractivity contribution is 0.0989. The Labute approximate surface area is 193 Å². The highest BCUT2D eigenvalue weighted by Gasteiger charge is 2.27. The van der Waals surface area contributed by atoms with Crippen LogP contribution in [-0.2, 0) is 25.3 Å². The molecule has 0 radical (unpaired) electrons. The molecule has 0 aliphatic heterocycles. The molecule has 0 saturated carbocycles. The smallest absolute Gasteiger partial charge is 0.215 e. The summed E-state index contributed by atoms with van der Waals surface area (Å²) in [6.45, 7) is 5.10. The summed E-state index contributed by atoms with van der Waals surface area (Å²) in [5, 5.41) is 0. The summed E-state index contributed by atoms with van der Waals surface area (Å²) in [5.41, 5.74) is 8.42. The van der Waals surface area contributed by atoms with Gasteiger partial charge in [0.25, 0.3) is 0 Å². The highest BCUT2D eigenvalue weighted by molar-refractivity contribution is 7.98. The van der Waals surface area contributed by atoms with Crippen molar-refractivity contribution in [1.82, 2.24) is 9.97 Å². The first-order valence-corrected chi connectivity index (χ1v) is 14.2. The molecular formula is C23H26N3O5PS. The van der Waals surface area contributed by atoms with Crippen LogP contribution in [0.15, 0.2) is 59.6 Å². The Balaban J connectivity index is 1.78. The molecular weight excluding hydrogens is 461 g/mol. The second kappa shape index (κ2) is 9.95. The zero-order valence-electron chi connectivity index (χ0n) is 18.7. The van der Waals surface area contributed by atoms with Crippen LogP contribution < -0.4 is 5.73 Å². The van der Waals surface area contributed by atoms with Crippen LogP contribution in [0, 0.1) is 6.92 Å². The van der Waals surface area contributed by atoms with Crippen molar-refractivity contribution in [1.29, 1.82) is 0 Å². The van der Waals surface area contributed by atoms with Crippen LogP contribution in [0.1, 0.15) is 28.5 Å². The number of rotatable bonds is 9. The van der Waals surface area contributed by atoms with Crippen molar-refractivity contribution in [2.45, 2.75) is 25.2 Å². The Hall–Kier alpha value is -2.87. The maximum atomic E-state index is 12.9. The minimum atomic E-state index is -3.80. The molecule has 2 aromatic carbocycles. The summed E-state index contributed by atoms with van der Waals surface area (Å²) in [6.07, 6.45) is 1.49. The first-order valence-electron chi connectivity index (χ1n) is 10.3. The van der Waals surface area contributed by atoms with Gasteiger partial charge in [0.15, 0.2) is 21.4 Å². The maximum absolute atomic E-state index is 12.9. The number of Topliss-reactive ketones (excluding diaryl/α,β-unsaturated/α-hetero) is 1. The number of aryl methyl sites for hydroxylation is 1. The van der Waals surface area contributed by atoms with Gasteiger partial charge in [-0.25, -0.2) is 18.4 Å². The molecule has 0 saturated heterocycles. The molecule has 10 heteroatoms. The summed E-state index contributed by atoms with van der Waals surface area (Å²) >= 11 is 0. The molecule has 8 nitrogen and oxygen atoms in total. The van der Waals surface area contributed by atoms with E-state index in [9.17, 15) is 17.8 Å². The van der Waals surface area contributed by atoms with Crippen LogP contribution in [0.5, 0.6) is 0 Å². The molecule has 0 fully saturated rings. The van der Waals surface area contributed by atoms with E-state index in [1.807, 2.05) is 31.2 Å². The van der Waals surface area contributed by atoms with E-state index in [-0.39, 0.29) is 35.2 Å². The van der Waals surface area contributed by atoms with Gasteiger partial charge in [-0.1, -0.05) is 42.0 Å². The van der Waals surface area contributed by atoms with E-state index in [2.05, 4.69) is 9.97 Å². The van der Waals surface area contributed by atoms with Crippen molar-refractivity contribution in [2.75, 3.05) is 24.5 Å². The average Bonchev–Trinajstić information content (AvgIpc) is 2.74. The van der Waals surface area contributed by atoms with E-state index in [1.54, 1.807) is 19.1 Å². The van der Waals surface area contributed by atoms with Crippen molar-refractivity contribution in [3.63, 3.8) is 0 Å². The SMILES string of the molecule is CCO[P@](C)(=O)CS(=O)(=O)c1ccc(CC(=O)c2nc(-c3ccc(C)cc3)cnc2N)cc1. The van der Waals surface area contributed by atoms with Crippen LogP contribution in [0.2, 0.25) is 0 Å². The third kappa shape index (κ3) is 6.35. The van der Waals surface area contributed by atoms with Gasteiger partial charge in [-0.2, -0.15) is 0 Å². The van der Waals surface area contributed by atoms with Gasteiger partial charge < -0.3 is 10.3 Å². The molecule has 0 unspecified atom stereocenters. The molecule has 1 aromatic heterocycles. The minimum Gasteiger partial charge on any atom is -0.382 e. The van der Waals surface area contributed by atoms with Crippen LogP contribution >= 0.6 is 7.37 Å². The molecule has 1 atom stereocenters. The monoisotopic (exact) mass is 487 g/mol. The average molecular weight is 488 g/mol. The molecule has 33 heavy (non-hydrogen) atoms. The molecule has 0 amide bonds. The molecule has 0 bridgehead atoms. The fourth-order valence-corrected chi connectivity index (χ4v) is 7.71. The van der Waals surface area contributed by atoms with Crippen molar-refractivity contribution < 1.29 is 22.3 Å². The van der Waals surface area contributed by atoms with Gasteiger partial charge in [0.1, 0.15) is 11.2 Å². The van der Waals surface area contributed by atoms with Gasteiger partial charge in [0, 0.05) is 18.6 Å². The summed E-state index contributed by atoms with van der Waals surface area (Å²) in [4.78, 5) is 21.4. The Morgan fingerprint density at radius 1 is 1.09 bits per heavy atom.